The van der Waals surface area contributed by atoms with Crippen LogP contribution >= 0.6 is 0 Å². The maximum absolute atomic E-state index is 5.71. The lowest BCUT2D eigenvalue weighted by Gasteiger charge is -2.23. The highest BCUT2D eigenvalue weighted by molar-refractivity contribution is 5.53. The molecule has 0 spiro atoms. The highest BCUT2D eigenvalue weighted by Crippen LogP contribution is 2.16. The van der Waals surface area contributed by atoms with E-state index in [2.05, 4.69) is 41.1 Å². The summed E-state index contributed by atoms with van der Waals surface area (Å²) in [4.78, 5) is 6.38. The van der Waals surface area contributed by atoms with Crippen molar-refractivity contribution in [1.82, 2.24) is 4.98 Å². The van der Waals surface area contributed by atoms with E-state index in [-0.39, 0.29) is 0 Å². The molecule has 0 aliphatic carbocycles. The van der Waals surface area contributed by atoms with Crippen molar-refractivity contribution in [2.75, 3.05) is 23.7 Å². The Morgan fingerprint density at radius 1 is 1.06 bits per heavy atom. The number of hydrogen-bond donors (Lipinski definition) is 1. The molecule has 2 aromatic rings. The van der Waals surface area contributed by atoms with E-state index in [1.165, 1.54) is 11.3 Å². The lowest BCUT2D eigenvalue weighted by Crippen LogP contribution is -2.25. The second-order valence-corrected chi connectivity index (χ2v) is 4.28. The summed E-state index contributed by atoms with van der Waals surface area (Å²) in [6, 6.07) is 12.2. The van der Waals surface area contributed by atoms with Gasteiger partial charge in [0.25, 0.3) is 0 Å². The van der Waals surface area contributed by atoms with Crippen molar-refractivity contribution in [2.24, 2.45) is 0 Å². The Bertz CT molecular complexity index is 465. The molecule has 2 N–H and O–H groups in total. The topological polar surface area (TPSA) is 42.2 Å². The Kier molecular flexibility index (Phi) is 4.18. The monoisotopic (exact) mass is 241 g/mol. The zero-order valence-corrected chi connectivity index (χ0v) is 10.7. The fourth-order valence-electron chi connectivity index (χ4n) is 1.97. The fraction of sp³-hybridized carbons (Fsp3) is 0.267. The molecule has 0 saturated carbocycles. The summed E-state index contributed by atoms with van der Waals surface area (Å²) in [5.74, 6) is 0. The minimum atomic E-state index is 0.809. The molecule has 0 aliphatic rings. The summed E-state index contributed by atoms with van der Waals surface area (Å²) in [7, 11) is 0. The van der Waals surface area contributed by atoms with Gasteiger partial charge in [0.2, 0.25) is 0 Å². The van der Waals surface area contributed by atoms with Crippen LogP contribution in [0.15, 0.2) is 48.8 Å². The van der Waals surface area contributed by atoms with Crippen LogP contribution in [0.2, 0.25) is 0 Å². The molecule has 0 unspecified atom stereocenters. The second kappa shape index (κ2) is 6.05. The highest BCUT2D eigenvalue weighted by atomic mass is 15.1. The molecule has 94 valence electrons. The number of pyridine rings is 1. The van der Waals surface area contributed by atoms with Crippen LogP contribution in [-0.2, 0) is 6.42 Å². The molecule has 0 aliphatic heterocycles. The summed E-state index contributed by atoms with van der Waals surface area (Å²) < 4.78 is 0. The number of nitrogens with two attached hydrogens (primary N) is 1. The van der Waals surface area contributed by atoms with Crippen molar-refractivity contribution in [3.63, 3.8) is 0 Å². The first kappa shape index (κ1) is 12.4. The van der Waals surface area contributed by atoms with E-state index in [1.54, 1.807) is 0 Å². The van der Waals surface area contributed by atoms with Gasteiger partial charge in [-0.05, 0) is 55.3 Å². The van der Waals surface area contributed by atoms with Crippen molar-refractivity contribution >= 4 is 11.4 Å². The lowest BCUT2D eigenvalue weighted by atomic mass is 10.2. The van der Waals surface area contributed by atoms with Crippen LogP contribution in [0.1, 0.15) is 12.5 Å². The summed E-state index contributed by atoms with van der Waals surface area (Å²) in [6.45, 7) is 4.17. The summed E-state index contributed by atoms with van der Waals surface area (Å²) in [5.41, 5.74) is 9.06. The van der Waals surface area contributed by atoms with Gasteiger partial charge in [0.1, 0.15) is 0 Å². The van der Waals surface area contributed by atoms with Gasteiger partial charge in [-0.2, -0.15) is 0 Å². The summed E-state index contributed by atoms with van der Waals surface area (Å²) in [6.07, 6.45) is 4.71. The third kappa shape index (κ3) is 3.23. The van der Waals surface area contributed by atoms with E-state index in [0.29, 0.717) is 0 Å². The number of benzene rings is 1. The highest BCUT2D eigenvalue weighted by Gasteiger charge is 2.04. The predicted octanol–water partition coefficient (Wildman–Crippen LogP) is 2.73. The third-order valence-electron chi connectivity index (χ3n) is 3.06. The maximum atomic E-state index is 5.71. The number of hydrogen-bond acceptors (Lipinski definition) is 3. The molecule has 1 aromatic heterocycles. The Balaban J connectivity index is 1.99. The molecular weight excluding hydrogens is 222 g/mol. The van der Waals surface area contributed by atoms with Crippen LogP contribution in [0.4, 0.5) is 11.4 Å². The van der Waals surface area contributed by atoms with E-state index in [1.807, 2.05) is 24.5 Å². The van der Waals surface area contributed by atoms with Crippen LogP contribution in [0, 0.1) is 0 Å². The van der Waals surface area contributed by atoms with Crippen molar-refractivity contribution in [3.8, 4) is 0 Å². The van der Waals surface area contributed by atoms with Gasteiger partial charge >= 0.3 is 0 Å². The number of aromatic nitrogens is 1. The van der Waals surface area contributed by atoms with E-state index < -0.39 is 0 Å². The van der Waals surface area contributed by atoms with E-state index in [9.17, 15) is 0 Å². The Morgan fingerprint density at radius 3 is 2.33 bits per heavy atom. The zero-order valence-electron chi connectivity index (χ0n) is 10.7. The van der Waals surface area contributed by atoms with Crippen LogP contribution in [0.3, 0.4) is 0 Å². The second-order valence-electron chi connectivity index (χ2n) is 4.28. The van der Waals surface area contributed by atoms with Gasteiger partial charge in [-0.25, -0.2) is 0 Å². The number of anilines is 2. The van der Waals surface area contributed by atoms with Gasteiger partial charge in [0, 0.05) is 36.9 Å². The Hall–Kier alpha value is -2.03. The fourth-order valence-corrected chi connectivity index (χ4v) is 1.97. The molecule has 0 atom stereocenters. The number of rotatable bonds is 5. The van der Waals surface area contributed by atoms with Gasteiger partial charge in [0.05, 0.1) is 0 Å². The zero-order chi connectivity index (χ0) is 12.8. The Labute approximate surface area is 108 Å². The van der Waals surface area contributed by atoms with Crippen LogP contribution in [0.5, 0.6) is 0 Å². The number of nitrogen functional groups attached to an aromatic ring is 1. The third-order valence-corrected chi connectivity index (χ3v) is 3.06. The average Bonchev–Trinajstić information content (AvgIpc) is 2.42. The quantitative estimate of drug-likeness (QED) is 0.818. The van der Waals surface area contributed by atoms with Gasteiger partial charge in [-0.3, -0.25) is 4.98 Å². The van der Waals surface area contributed by atoms with Crippen molar-refractivity contribution < 1.29 is 0 Å². The Morgan fingerprint density at radius 2 is 1.72 bits per heavy atom. The molecule has 1 aromatic carbocycles. The van der Waals surface area contributed by atoms with Crippen molar-refractivity contribution in [1.29, 1.82) is 0 Å². The molecule has 0 radical (unpaired) electrons. The molecule has 3 nitrogen and oxygen atoms in total. The van der Waals surface area contributed by atoms with Crippen LogP contribution < -0.4 is 10.6 Å². The summed E-state index contributed by atoms with van der Waals surface area (Å²) >= 11 is 0. The summed E-state index contributed by atoms with van der Waals surface area (Å²) in [5, 5.41) is 0. The minimum Gasteiger partial charge on any atom is -0.399 e. The maximum Gasteiger partial charge on any atom is 0.0367 e. The molecule has 0 amide bonds. The largest absolute Gasteiger partial charge is 0.399 e. The van der Waals surface area contributed by atoms with Gasteiger partial charge < -0.3 is 10.6 Å². The van der Waals surface area contributed by atoms with E-state index >= 15 is 0 Å². The molecule has 0 saturated heterocycles. The first-order valence-electron chi connectivity index (χ1n) is 6.29. The van der Waals surface area contributed by atoms with Gasteiger partial charge in [-0.1, -0.05) is 0 Å². The molecule has 1 heterocycles. The number of likely N-dealkylation sites (N-methyl/N-ethyl adjacent to an activating group) is 1. The molecule has 2 rings (SSSR count). The average molecular weight is 241 g/mol. The first-order chi connectivity index (χ1) is 8.79. The first-order valence-corrected chi connectivity index (χ1v) is 6.29. The van der Waals surface area contributed by atoms with Crippen LogP contribution in [-0.4, -0.2) is 18.1 Å². The van der Waals surface area contributed by atoms with Gasteiger partial charge in [0.15, 0.2) is 0 Å². The van der Waals surface area contributed by atoms with Crippen LogP contribution in [0.25, 0.3) is 0 Å². The molecule has 3 heteroatoms. The van der Waals surface area contributed by atoms with E-state index in [4.69, 9.17) is 5.73 Å². The minimum absolute atomic E-state index is 0.809. The normalized spacial score (nSPS) is 10.3. The lowest BCUT2D eigenvalue weighted by molar-refractivity contribution is 0.808. The molecule has 18 heavy (non-hydrogen) atoms. The number of nitrogens with zero attached hydrogens (tertiary/aromatic N) is 2. The SMILES string of the molecule is CCN(CCc1ccncc1)c1ccc(N)cc1. The van der Waals surface area contributed by atoms with Crippen molar-refractivity contribution in [3.05, 3.63) is 54.4 Å². The standard InChI is InChI=1S/C15H19N3/c1-2-18(15-5-3-14(16)4-6-15)12-9-13-7-10-17-11-8-13/h3-8,10-11H,2,9,12,16H2,1H3. The van der Waals surface area contributed by atoms with E-state index in [0.717, 1.165) is 25.2 Å². The van der Waals surface area contributed by atoms with Gasteiger partial charge in [-0.15, -0.1) is 0 Å². The molecule has 0 bridgehead atoms. The smallest absolute Gasteiger partial charge is 0.0367 e. The molecule has 0 fully saturated rings. The predicted molar refractivity (Wildman–Crippen MR) is 76.7 cm³/mol. The molecular formula is C15H19N3. The van der Waals surface area contributed by atoms with Crippen molar-refractivity contribution in [2.45, 2.75) is 13.3 Å².